The molecule has 1 aliphatic heterocycles. The number of halogens is 2. The molecule has 18 heavy (non-hydrogen) atoms. The topological polar surface area (TPSA) is 15.3 Å². The molecule has 0 atom stereocenters. The van der Waals surface area contributed by atoms with Crippen molar-refractivity contribution in [2.24, 2.45) is 0 Å². The highest BCUT2D eigenvalue weighted by Crippen LogP contribution is 2.29. The highest BCUT2D eigenvalue weighted by molar-refractivity contribution is 5.20. The van der Waals surface area contributed by atoms with E-state index in [1.54, 1.807) is 18.2 Å². The van der Waals surface area contributed by atoms with Crippen LogP contribution in [-0.4, -0.2) is 37.1 Å². The van der Waals surface area contributed by atoms with E-state index in [0.717, 1.165) is 26.1 Å². The molecule has 1 N–H and O–H groups in total. The average molecular weight is 254 g/mol. The van der Waals surface area contributed by atoms with Gasteiger partial charge in [0, 0.05) is 24.7 Å². The summed E-state index contributed by atoms with van der Waals surface area (Å²) in [5, 5.41) is 3.14. The maximum absolute atomic E-state index is 14.2. The van der Waals surface area contributed by atoms with Gasteiger partial charge in [0.1, 0.15) is 0 Å². The van der Waals surface area contributed by atoms with E-state index in [9.17, 15) is 8.78 Å². The molecule has 0 bridgehead atoms. The molecule has 4 heteroatoms. The fourth-order valence-corrected chi connectivity index (χ4v) is 2.24. The zero-order valence-electron chi connectivity index (χ0n) is 10.7. The van der Waals surface area contributed by atoms with Crippen molar-refractivity contribution in [3.63, 3.8) is 0 Å². The van der Waals surface area contributed by atoms with Crippen molar-refractivity contribution in [3.05, 3.63) is 35.9 Å². The minimum Gasteiger partial charge on any atom is -0.314 e. The quantitative estimate of drug-likeness (QED) is 0.839. The molecule has 1 saturated heterocycles. The summed E-state index contributed by atoms with van der Waals surface area (Å²) in [5.41, 5.74) is 0.110. The fraction of sp³-hybridized carbons (Fsp3) is 0.571. The summed E-state index contributed by atoms with van der Waals surface area (Å²) in [5.74, 6) is -2.77. The summed E-state index contributed by atoms with van der Waals surface area (Å²) in [4.78, 5) is 1.91. The normalized spacial score (nSPS) is 16.9. The summed E-state index contributed by atoms with van der Waals surface area (Å²) in [7, 11) is 0. The van der Waals surface area contributed by atoms with E-state index in [2.05, 4.69) is 5.32 Å². The van der Waals surface area contributed by atoms with E-state index in [1.165, 1.54) is 12.1 Å². The van der Waals surface area contributed by atoms with Gasteiger partial charge in [-0.05, 0) is 13.0 Å². The third-order valence-corrected chi connectivity index (χ3v) is 3.38. The van der Waals surface area contributed by atoms with Crippen LogP contribution in [0, 0.1) is 0 Å². The highest BCUT2D eigenvalue weighted by Gasteiger charge is 2.37. The second-order valence-electron chi connectivity index (χ2n) is 4.85. The van der Waals surface area contributed by atoms with E-state index >= 15 is 0 Å². The third kappa shape index (κ3) is 3.06. The molecule has 0 aliphatic carbocycles. The van der Waals surface area contributed by atoms with E-state index in [-0.39, 0.29) is 18.2 Å². The molecule has 1 aliphatic rings. The summed E-state index contributed by atoms with van der Waals surface area (Å²) in [6, 6.07) is 8.36. The Labute approximate surface area is 107 Å². The van der Waals surface area contributed by atoms with Crippen LogP contribution in [0.5, 0.6) is 0 Å². The van der Waals surface area contributed by atoms with Gasteiger partial charge in [0.15, 0.2) is 0 Å². The van der Waals surface area contributed by atoms with Crippen LogP contribution in [0.2, 0.25) is 0 Å². The molecule has 1 heterocycles. The van der Waals surface area contributed by atoms with E-state index in [4.69, 9.17) is 0 Å². The molecule has 0 radical (unpaired) electrons. The van der Waals surface area contributed by atoms with Crippen LogP contribution in [0.1, 0.15) is 18.9 Å². The van der Waals surface area contributed by atoms with Gasteiger partial charge in [0.05, 0.1) is 6.54 Å². The standard InChI is InChI=1S/C14H20F2N2/c1-2-8-18(13-9-17-10-13)11-14(15,16)12-6-4-3-5-7-12/h3-7,13,17H,2,8-11H2,1H3. The zero-order chi connectivity index (χ0) is 13.0. The maximum Gasteiger partial charge on any atom is 0.285 e. The Balaban J connectivity index is 2.04. The largest absolute Gasteiger partial charge is 0.314 e. The molecule has 0 aromatic heterocycles. The molecule has 0 saturated carbocycles. The molecule has 2 nitrogen and oxygen atoms in total. The molecule has 2 rings (SSSR count). The monoisotopic (exact) mass is 254 g/mol. The Morgan fingerprint density at radius 1 is 1.28 bits per heavy atom. The smallest absolute Gasteiger partial charge is 0.285 e. The van der Waals surface area contributed by atoms with Gasteiger partial charge in [0.2, 0.25) is 0 Å². The van der Waals surface area contributed by atoms with Gasteiger partial charge in [-0.3, -0.25) is 4.90 Å². The Hall–Kier alpha value is -1.00. The zero-order valence-corrected chi connectivity index (χ0v) is 10.7. The first-order valence-corrected chi connectivity index (χ1v) is 6.51. The van der Waals surface area contributed by atoms with Gasteiger partial charge in [-0.25, -0.2) is 0 Å². The highest BCUT2D eigenvalue weighted by atomic mass is 19.3. The van der Waals surface area contributed by atoms with Crippen LogP contribution in [0.3, 0.4) is 0 Å². The summed E-state index contributed by atoms with van der Waals surface area (Å²) < 4.78 is 28.4. The van der Waals surface area contributed by atoms with Crippen molar-refractivity contribution in [2.45, 2.75) is 25.3 Å². The van der Waals surface area contributed by atoms with Crippen molar-refractivity contribution < 1.29 is 8.78 Å². The molecular weight excluding hydrogens is 234 g/mol. The van der Waals surface area contributed by atoms with Crippen LogP contribution in [0.4, 0.5) is 8.78 Å². The number of hydrogen-bond acceptors (Lipinski definition) is 2. The molecule has 0 spiro atoms. The lowest BCUT2D eigenvalue weighted by Gasteiger charge is -2.39. The van der Waals surface area contributed by atoms with Crippen LogP contribution < -0.4 is 5.32 Å². The fourth-order valence-electron chi connectivity index (χ4n) is 2.24. The first-order chi connectivity index (χ1) is 8.63. The minimum atomic E-state index is -2.77. The second-order valence-corrected chi connectivity index (χ2v) is 4.85. The molecule has 0 amide bonds. The average Bonchev–Trinajstić information content (AvgIpc) is 2.28. The Morgan fingerprint density at radius 3 is 2.44 bits per heavy atom. The molecule has 1 aromatic rings. The predicted molar refractivity (Wildman–Crippen MR) is 68.9 cm³/mol. The molecular formula is C14H20F2N2. The van der Waals surface area contributed by atoms with Gasteiger partial charge in [0.25, 0.3) is 5.92 Å². The minimum absolute atomic E-state index is 0.110. The number of hydrogen-bond donors (Lipinski definition) is 1. The number of rotatable bonds is 6. The van der Waals surface area contributed by atoms with Gasteiger partial charge in [-0.15, -0.1) is 0 Å². The van der Waals surface area contributed by atoms with Crippen molar-refractivity contribution in [3.8, 4) is 0 Å². The number of benzene rings is 1. The number of alkyl halides is 2. The van der Waals surface area contributed by atoms with Crippen molar-refractivity contribution in [1.29, 1.82) is 0 Å². The van der Waals surface area contributed by atoms with Gasteiger partial charge < -0.3 is 5.32 Å². The lowest BCUT2D eigenvalue weighted by atomic mass is 10.0. The van der Waals surface area contributed by atoms with Gasteiger partial charge in [-0.1, -0.05) is 37.3 Å². The second kappa shape index (κ2) is 5.76. The molecule has 1 fully saturated rings. The van der Waals surface area contributed by atoms with E-state index < -0.39 is 5.92 Å². The van der Waals surface area contributed by atoms with E-state index in [1.807, 2.05) is 11.8 Å². The van der Waals surface area contributed by atoms with Crippen molar-refractivity contribution >= 4 is 0 Å². The van der Waals surface area contributed by atoms with Crippen LogP contribution in [-0.2, 0) is 5.92 Å². The van der Waals surface area contributed by atoms with E-state index in [0.29, 0.717) is 0 Å². The Morgan fingerprint density at radius 2 is 1.94 bits per heavy atom. The molecule has 0 unspecified atom stereocenters. The number of nitrogens with zero attached hydrogens (tertiary/aromatic N) is 1. The lowest BCUT2D eigenvalue weighted by Crippen LogP contribution is -2.59. The SMILES string of the molecule is CCCN(CC(F)(F)c1ccccc1)C1CNC1. The van der Waals surface area contributed by atoms with Gasteiger partial charge >= 0.3 is 0 Å². The van der Waals surface area contributed by atoms with Crippen LogP contribution in [0.25, 0.3) is 0 Å². The van der Waals surface area contributed by atoms with Gasteiger partial charge in [-0.2, -0.15) is 8.78 Å². The number of nitrogens with one attached hydrogen (secondary N) is 1. The maximum atomic E-state index is 14.2. The third-order valence-electron chi connectivity index (χ3n) is 3.38. The van der Waals surface area contributed by atoms with Crippen molar-refractivity contribution in [2.75, 3.05) is 26.2 Å². The first-order valence-electron chi connectivity index (χ1n) is 6.51. The Kier molecular flexibility index (Phi) is 4.30. The Bertz CT molecular complexity index is 363. The first kappa shape index (κ1) is 13.4. The summed E-state index contributed by atoms with van der Waals surface area (Å²) in [6.45, 7) is 4.22. The van der Waals surface area contributed by atoms with Crippen molar-refractivity contribution in [1.82, 2.24) is 10.2 Å². The van der Waals surface area contributed by atoms with Crippen LogP contribution >= 0.6 is 0 Å². The van der Waals surface area contributed by atoms with Crippen LogP contribution in [0.15, 0.2) is 30.3 Å². The predicted octanol–water partition coefficient (Wildman–Crippen LogP) is 2.46. The molecule has 1 aromatic carbocycles. The summed E-state index contributed by atoms with van der Waals surface area (Å²) >= 11 is 0. The molecule has 100 valence electrons. The lowest BCUT2D eigenvalue weighted by molar-refractivity contribution is -0.0533. The summed E-state index contributed by atoms with van der Waals surface area (Å²) in [6.07, 6.45) is 0.904.